The molecule has 1 heterocycles. The summed E-state index contributed by atoms with van der Waals surface area (Å²) >= 11 is 6.38. The van der Waals surface area contributed by atoms with Gasteiger partial charge in [-0.15, -0.1) is 0 Å². The molecule has 0 bridgehead atoms. The van der Waals surface area contributed by atoms with E-state index in [2.05, 4.69) is 5.32 Å². The molecule has 0 aromatic heterocycles. The lowest BCUT2D eigenvalue weighted by atomic mass is 10.1. The van der Waals surface area contributed by atoms with E-state index in [4.69, 9.17) is 21.1 Å². The van der Waals surface area contributed by atoms with Gasteiger partial charge < -0.3 is 19.7 Å². The lowest BCUT2D eigenvalue weighted by Crippen LogP contribution is -2.53. The van der Waals surface area contributed by atoms with Crippen LogP contribution in [0.1, 0.15) is 39.2 Å². The lowest BCUT2D eigenvalue weighted by molar-refractivity contribution is -0.140. The first-order valence-corrected chi connectivity index (χ1v) is 14.5. The fraction of sp³-hybridized carbons (Fsp3) is 0.462. The summed E-state index contributed by atoms with van der Waals surface area (Å²) in [5, 5.41) is 3.39. The van der Waals surface area contributed by atoms with E-state index < -0.39 is 28.5 Å². The van der Waals surface area contributed by atoms with Crippen LogP contribution in [0.3, 0.4) is 0 Å². The average Bonchev–Trinajstić information content (AvgIpc) is 2.87. The van der Waals surface area contributed by atoms with E-state index in [1.807, 2.05) is 20.8 Å². The highest BCUT2D eigenvalue weighted by Gasteiger charge is 2.32. The number of benzene rings is 2. The van der Waals surface area contributed by atoms with Gasteiger partial charge in [0.25, 0.3) is 0 Å². The minimum Gasteiger partial charge on any atom is -0.486 e. The Morgan fingerprint density at radius 2 is 1.73 bits per heavy atom. The number of anilines is 1. The highest BCUT2D eigenvalue weighted by atomic mass is 35.5. The second-order valence-corrected chi connectivity index (χ2v) is 11.3. The third kappa shape index (κ3) is 7.29. The number of nitrogens with one attached hydrogen (secondary N) is 1. The largest absolute Gasteiger partial charge is 0.486 e. The smallest absolute Gasteiger partial charge is 0.244 e. The van der Waals surface area contributed by atoms with Gasteiger partial charge in [-0.2, -0.15) is 0 Å². The second kappa shape index (κ2) is 12.5. The molecule has 0 saturated carbocycles. The Morgan fingerprint density at radius 3 is 2.35 bits per heavy atom. The summed E-state index contributed by atoms with van der Waals surface area (Å²) in [4.78, 5) is 28.4. The van der Waals surface area contributed by atoms with Crippen LogP contribution in [0.15, 0.2) is 42.5 Å². The fourth-order valence-corrected chi connectivity index (χ4v) is 5.01. The maximum absolute atomic E-state index is 13.8. The first-order valence-electron chi connectivity index (χ1n) is 12.3. The molecule has 0 unspecified atom stereocenters. The molecule has 1 aliphatic rings. The molecule has 3 rings (SSSR count). The number of ether oxygens (including phenoxy) is 2. The zero-order chi connectivity index (χ0) is 27.2. The van der Waals surface area contributed by atoms with Crippen molar-refractivity contribution in [2.75, 3.05) is 30.3 Å². The van der Waals surface area contributed by atoms with E-state index in [0.717, 1.165) is 17.0 Å². The Morgan fingerprint density at radius 1 is 1.05 bits per heavy atom. The molecule has 9 nitrogen and oxygen atoms in total. The van der Waals surface area contributed by atoms with Gasteiger partial charge in [0, 0.05) is 23.7 Å². The number of amides is 2. The molecule has 2 atom stereocenters. The summed E-state index contributed by atoms with van der Waals surface area (Å²) in [6, 6.07) is 10.9. The summed E-state index contributed by atoms with van der Waals surface area (Å²) in [6.45, 7) is 5.93. The molecule has 0 aliphatic carbocycles. The first-order chi connectivity index (χ1) is 17.5. The average molecular weight is 552 g/mol. The Balaban J connectivity index is 1.96. The molecule has 0 spiro atoms. The number of halogens is 1. The quantitative estimate of drug-likeness (QED) is 0.457. The van der Waals surface area contributed by atoms with Gasteiger partial charge in [0.1, 0.15) is 25.8 Å². The number of hydrogen-bond acceptors (Lipinski definition) is 6. The number of sulfonamides is 1. The minimum absolute atomic E-state index is 0.0453. The molecule has 2 aromatic rings. The first kappa shape index (κ1) is 28.6. The molecule has 11 heteroatoms. The van der Waals surface area contributed by atoms with E-state index in [9.17, 15) is 18.0 Å². The van der Waals surface area contributed by atoms with Crippen molar-refractivity contribution < 1.29 is 27.5 Å². The van der Waals surface area contributed by atoms with Crippen molar-refractivity contribution in [1.29, 1.82) is 0 Å². The van der Waals surface area contributed by atoms with E-state index >= 15 is 0 Å². The Hall–Kier alpha value is -2.98. The molecule has 0 fully saturated rings. The molecular weight excluding hydrogens is 518 g/mol. The maximum Gasteiger partial charge on any atom is 0.244 e. The van der Waals surface area contributed by atoms with Crippen LogP contribution in [0, 0.1) is 0 Å². The molecule has 0 radical (unpaired) electrons. The molecular formula is C26H34ClN3O6S. The van der Waals surface area contributed by atoms with Gasteiger partial charge >= 0.3 is 0 Å². The molecule has 202 valence electrons. The molecule has 37 heavy (non-hydrogen) atoms. The molecule has 2 aromatic carbocycles. The van der Waals surface area contributed by atoms with Crippen molar-refractivity contribution in [2.45, 2.75) is 52.2 Å². The maximum atomic E-state index is 13.8. The van der Waals surface area contributed by atoms with Gasteiger partial charge in [0.05, 0.1) is 11.9 Å². The van der Waals surface area contributed by atoms with Crippen LogP contribution in [0.5, 0.6) is 11.5 Å². The third-order valence-electron chi connectivity index (χ3n) is 6.18. The van der Waals surface area contributed by atoms with Gasteiger partial charge in [0.15, 0.2) is 11.5 Å². The standard InChI is InChI=1S/C26H34ClN3O6S/c1-5-18(3)28-26(32)22(6-2)29(16-19-9-7-8-10-21(19)27)25(31)17-30(37(4,33)34)20-11-12-23-24(15-20)36-14-13-35-23/h7-12,15,18,22H,5-6,13-14,16-17H2,1-4H3,(H,28,32)/t18-,22-/m1/s1. The summed E-state index contributed by atoms with van der Waals surface area (Å²) in [7, 11) is -3.87. The van der Waals surface area contributed by atoms with Crippen LogP contribution in [-0.2, 0) is 26.2 Å². The van der Waals surface area contributed by atoms with E-state index in [1.165, 1.54) is 11.0 Å². The number of nitrogens with zero attached hydrogens (tertiary/aromatic N) is 2. The van der Waals surface area contributed by atoms with Gasteiger partial charge in [-0.05, 0) is 43.5 Å². The van der Waals surface area contributed by atoms with Crippen molar-refractivity contribution in [3.8, 4) is 11.5 Å². The predicted octanol–water partition coefficient (Wildman–Crippen LogP) is 3.60. The normalized spacial score (nSPS) is 14.4. The van der Waals surface area contributed by atoms with Crippen LogP contribution < -0.4 is 19.1 Å². The summed E-state index contributed by atoms with van der Waals surface area (Å²) in [5.74, 6) is 0.0638. The molecule has 1 N–H and O–H groups in total. The summed E-state index contributed by atoms with van der Waals surface area (Å²) in [5.41, 5.74) is 0.910. The van der Waals surface area contributed by atoms with Crippen LogP contribution in [0.2, 0.25) is 5.02 Å². The van der Waals surface area contributed by atoms with E-state index in [-0.39, 0.29) is 24.2 Å². The number of hydrogen-bond donors (Lipinski definition) is 1. The van der Waals surface area contributed by atoms with Crippen molar-refractivity contribution in [3.63, 3.8) is 0 Å². The number of rotatable bonds is 11. The Kier molecular flexibility index (Phi) is 9.67. The third-order valence-corrected chi connectivity index (χ3v) is 7.69. The highest BCUT2D eigenvalue weighted by Crippen LogP contribution is 2.35. The molecule has 2 amide bonds. The van der Waals surface area contributed by atoms with Gasteiger partial charge in [-0.3, -0.25) is 13.9 Å². The second-order valence-electron chi connectivity index (χ2n) is 8.95. The van der Waals surface area contributed by atoms with Crippen LogP contribution in [-0.4, -0.2) is 63.2 Å². The molecule has 1 aliphatic heterocycles. The van der Waals surface area contributed by atoms with Crippen molar-refractivity contribution >= 4 is 39.1 Å². The number of carbonyl (C=O) groups is 2. The topological polar surface area (TPSA) is 105 Å². The van der Waals surface area contributed by atoms with Crippen molar-refractivity contribution in [3.05, 3.63) is 53.1 Å². The summed E-state index contributed by atoms with van der Waals surface area (Å²) < 4.78 is 37.8. The zero-order valence-corrected chi connectivity index (χ0v) is 23.1. The van der Waals surface area contributed by atoms with Crippen LogP contribution >= 0.6 is 11.6 Å². The van der Waals surface area contributed by atoms with E-state index in [0.29, 0.717) is 41.7 Å². The summed E-state index contributed by atoms with van der Waals surface area (Å²) in [6.07, 6.45) is 2.09. The fourth-order valence-electron chi connectivity index (χ4n) is 3.97. The number of carbonyl (C=O) groups excluding carboxylic acids is 2. The monoisotopic (exact) mass is 551 g/mol. The van der Waals surface area contributed by atoms with Gasteiger partial charge in [0.2, 0.25) is 21.8 Å². The Bertz CT molecular complexity index is 1220. The minimum atomic E-state index is -3.87. The van der Waals surface area contributed by atoms with E-state index in [1.54, 1.807) is 36.4 Å². The van der Waals surface area contributed by atoms with Crippen molar-refractivity contribution in [2.24, 2.45) is 0 Å². The van der Waals surface area contributed by atoms with Gasteiger partial charge in [-0.25, -0.2) is 8.42 Å². The SMILES string of the molecule is CC[C@@H](C)NC(=O)[C@@H](CC)N(Cc1ccccc1Cl)C(=O)CN(c1ccc2c(c1)OCCO2)S(C)(=O)=O. The van der Waals surface area contributed by atoms with Crippen LogP contribution in [0.25, 0.3) is 0 Å². The zero-order valence-electron chi connectivity index (χ0n) is 21.6. The van der Waals surface area contributed by atoms with Gasteiger partial charge in [-0.1, -0.05) is 43.6 Å². The lowest BCUT2D eigenvalue weighted by Gasteiger charge is -2.33. The van der Waals surface area contributed by atoms with Crippen molar-refractivity contribution in [1.82, 2.24) is 10.2 Å². The highest BCUT2D eigenvalue weighted by molar-refractivity contribution is 7.92. The number of fused-ring (bicyclic) bond motifs is 1. The predicted molar refractivity (Wildman–Crippen MR) is 144 cm³/mol. The Labute approximate surface area is 223 Å². The molecule has 0 saturated heterocycles. The van der Waals surface area contributed by atoms with Crippen LogP contribution in [0.4, 0.5) is 5.69 Å².